The molecule has 8 heteroatoms. The maximum Gasteiger partial charge on any atom is 0.316 e. The zero-order valence-corrected chi connectivity index (χ0v) is 14.2. The molecule has 0 unspecified atom stereocenters. The zero-order valence-electron chi connectivity index (χ0n) is 12.6. The van der Waals surface area contributed by atoms with Crippen LogP contribution in [-0.2, 0) is 14.3 Å². The van der Waals surface area contributed by atoms with E-state index in [0.29, 0.717) is 0 Å². The summed E-state index contributed by atoms with van der Waals surface area (Å²) in [5, 5.41) is 6.32. The van der Waals surface area contributed by atoms with Gasteiger partial charge in [0.05, 0.1) is 5.75 Å². The molecular formula is C14H17N3O3S2. The van der Waals surface area contributed by atoms with E-state index in [9.17, 15) is 9.59 Å². The van der Waals surface area contributed by atoms with Crippen molar-refractivity contribution in [3.8, 4) is 0 Å². The number of fused-ring (bicyclic) bond motifs is 1. The van der Waals surface area contributed by atoms with E-state index in [4.69, 9.17) is 4.74 Å². The summed E-state index contributed by atoms with van der Waals surface area (Å²) in [6.07, 6.45) is 1.48. The normalized spacial score (nSPS) is 11.4. The first kappa shape index (κ1) is 16.7. The van der Waals surface area contributed by atoms with Crippen molar-refractivity contribution in [1.82, 2.24) is 15.3 Å². The first-order valence-electron chi connectivity index (χ1n) is 6.63. The lowest BCUT2D eigenvalue weighted by Crippen LogP contribution is -2.42. The summed E-state index contributed by atoms with van der Waals surface area (Å²) in [5.41, 5.74) is -0.343. The molecule has 0 radical (unpaired) electrons. The van der Waals surface area contributed by atoms with Crippen molar-refractivity contribution in [3.05, 3.63) is 17.8 Å². The number of hydrogen-bond acceptors (Lipinski definition) is 7. The van der Waals surface area contributed by atoms with E-state index in [0.717, 1.165) is 15.2 Å². The fraction of sp³-hybridized carbons (Fsp3) is 0.429. The monoisotopic (exact) mass is 339 g/mol. The Morgan fingerprint density at radius 2 is 2.14 bits per heavy atom. The van der Waals surface area contributed by atoms with Crippen molar-refractivity contribution in [2.75, 3.05) is 12.4 Å². The highest BCUT2D eigenvalue weighted by Gasteiger charge is 2.15. The van der Waals surface area contributed by atoms with E-state index in [-0.39, 0.29) is 23.8 Å². The third-order valence-corrected chi connectivity index (χ3v) is 4.23. The van der Waals surface area contributed by atoms with Crippen LogP contribution in [0.25, 0.3) is 10.2 Å². The van der Waals surface area contributed by atoms with Gasteiger partial charge >= 0.3 is 5.97 Å². The second-order valence-electron chi connectivity index (χ2n) is 5.57. The molecule has 0 fully saturated rings. The van der Waals surface area contributed by atoms with Gasteiger partial charge in [-0.05, 0) is 32.2 Å². The molecule has 0 aliphatic heterocycles. The molecular weight excluding hydrogens is 322 g/mol. The number of nitrogens with one attached hydrogen (secondary N) is 1. The molecule has 1 N–H and O–H groups in total. The van der Waals surface area contributed by atoms with Crippen LogP contribution in [0.15, 0.2) is 22.8 Å². The Morgan fingerprint density at radius 3 is 2.86 bits per heavy atom. The molecule has 0 bridgehead atoms. The van der Waals surface area contributed by atoms with Gasteiger partial charge < -0.3 is 10.1 Å². The molecule has 2 rings (SSSR count). The Morgan fingerprint density at radius 1 is 1.36 bits per heavy atom. The fourth-order valence-corrected chi connectivity index (χ4v) is 3.23. The average molecular weight is 339 g/mol. The van der Waals surface area contributed by atoms with Crippen molar-refractivity contribution in [2.45, 2.75) is 31.3 Å². The van der Waals surface area contributed by atoms with E-state index in [2.05, 4.69) is 15.3 Å². The highest BCUT2D eigenvalue weighted by atomic mass is 32.2. The van der Waals surface area contributed by atoms with Crippen molar-refractivity contribution >= 4 is 45.2 Å². The first-order valence-corrected chi connectivity index (χ1v) is 8.49. The van der Waals surface area contributed by atoms with Gasteiger partial charge in [-0.15, -0.1) is 11.3 Å². The van der Waals surface area contributed by atoms with E-state index in [1.54, 1.807) is 0 Å². The van der Waals surface area contributed by atoms with Crippen LogP contribution >= 0.6 is 23.1 Å². The van der Waals surface area contributed by atoms with Crippen LogP contribution in [0.4, 0.5) is 0 Å². The maximum atomic E-state index is 11.7. The van der Waals surface area contributed by atoms with Gasteiger partial charge in [0.25, 0.3) is 5.91 Å². The number of carbonyl (C=O) groups excluding carboxylic acids is 2. The molecule has 118 valence electrons. The maximum absolute atomic E-state index is 11.7. The van der Waals surface area contributed by atoms with Crippen LogP contribution in [0.3, 0.4) is 0 Å². The number of esters is 1. The fourth-order valence-electron chi connectivity index (χ4n) is 1.65. The Hall–Kier alpha value is -1.67. The number of thioether (sulfide) groups is 1. The summed E-state index contributed by atoms with van der Waals surface area (Å²) < 4.78 is 4.95. The van der Waals surface area contributed by atoms with Gasteiger partial charge in [0, 0.05) is 10.9 Å². The number of ether oxygens (including phenoxy) is 1. The van der Waals surface area contributed by atoms with Crippen LogP contribution in [0.5, 0.6) is 0 Å². The van der Waals surface area contributed by atoms with Gasteiger partial charge in [0.15, 0.2) is 6.61 Å². The number of aromatic nitrogens is 2. The Bertz CT molecular complexity index is 679. The Labute approximate surface area is 136 Å². The van der Waals surface area contributed by atoms with Gasteiger partial charge in [-0.2, -0.15) is 0 Å². The molecule has 0 spiro atoms. The third-order valence-electron chi connectivity index (χ3n) is 2.43. The predicted octanol–water partition coefficient (Wildman–Crippen LogP) is 2.24. The quantitative estimate of drug-likeness (QED) is 0.511. The lowest BCUT2D eigenvalue weighted by atomic mass is 10.1. The Kier molecular flexibility index (Phi) is 5.36. The number of hydrogen-bond donors (Lipinski definition) is 1. The van der Waals surface area contributed by atoms with E-state index >= 15 is 0 Å². The van der Waals surface area contributed by atoms with Crippen LogP contribution in [0.1, 0.15) is 20.8 Å². The molecule has 0 saturated heterocycles. The zero-order chi connectivity index (χ0) is 16.2. The number of rotatable bonds is 5. The van der Waals surface area contributed by atoms with Gasteiger partial charge in [-0.3, -0.25) is 9.59 Å². The number of amides is 1. The van der Waals surface area contributed by atoms with Crippen molar-refractivity contribution in [3.63, 3.8) is 0 Å². The number of nitrogens with zero attached hydrogens (tertiary/aromatic N) is 2. The summed E-state index contributed by atoms with van der Waals surface area (Å²) >= 11 is 2.80. The average Bonchev–Trinajstić information content (AvgIpc) is 2.89. The van der Waals surface area contributed by atoms with Crippen LogP contribution in [0.2, 0.25) is 0 Å². The predicted molar refractivity (Wildman–Crippen MR) is 87.0 cm³/mol. The molecule has 1 amide bonds. The van der Waals surface area contributed by atoms with Crippen molar-refractivity contribution in [1.29, 1.82) is 0 Å². The molecule has 0 atom stereocenters. The van der Waals surface area contributed by atoms with E-state index in [1.165, 1.54) is 29.4 Å². The topological polar surface area (TPSA) is 81.2 Å². The molecule has 0 aliphatic rings. The molecule has 2 aromatic rings. The molecule has 6 nitrogen and oxygen atoms in total. The second kappa shape index (κ2) is 7.06. The van der Waals surface area contributed by atoms with Gasteiger partial charge in [-0.1, -0.05) is 11.8 Å². The SMILES string of the molecule is CC(C)(C)NC(=O)COC(=O)CSc1ncnc2sccc12. The molecule has 22 heavy (non-hydrogen) atoms. The lowest BCUT2D eigenvalue weighted by molar-refractivity contribution is -0.146. The van der Waals surface area contributed by atoms with Crippen LogP contribution in [0, 0.1) is 0 Å². The van der Waals surface area contributed by atoms with E-state index < -0.39 is 5.97 Å². The lowest BCUT2D eigenvalue weighted by Gasteiger charge is -2.20. The third kappa shape index (κ3) is 4.96. The van der Waals surface area contributed by atoms with Gasteiger partial charge in [0.2, 0.25) is 0 Å². The number of carbonyl (C=O) groups is 2. The van der Waals surface area contributed by atoms with Crippen LogP contribution < -0.4 is 5.32 Å². The molecule has 2 aromatic heterocycles. The smallest absolute Gasteiger partial charge is 0.316 e. The molecule has 0 aromatic carbocycles. The minimum Gasteiger partial charge on any atom is -0.455 e. The van der Waals surface area contributed by atoms with E-state index in [1.807, 2.05) is 32.2 Å². The highest BCUT2D eigenvalue weighted by Crippen LogP contribution is 2.27. The minimum absolute atomic E-state index is 0.102. The van der Waals surface area contributed by atoms with Gasteiger partial charge in [-0.25, -0.2) is 9.97 Å². The van der Waals surface area contributed by atoms with Crippen molar-refractivity contribution in [2.24, 2.45) is 0 Å². The number of thiophene rings is 1. The summed E-state index contributed by atoms with van der Waals surface area (Å²) in [4.78, 5) is 32.5. The second-order valence-corrected chi connectivity index (χ2v) is 7.42. The van der Waals surface area contributed by atoms with Gasteiger partial charge in [0.1, 0.15) is 16.2 Å². The molecule has 0 saturated carbocycles. The van der Waals surface area contributed by atoms with Crippen molar-refractivity contribution < 1.29 is 14.3 Å². The Balaban J connectivity index is 1.81. The minimum atomic E-state index is -0.448. The summed E-state index contributed by atoms with van der Waals surface area (Å²) in [7, 11) is 0. The molecule has 2 heterocycles. The largest absolute Gasteiger partial charge is 0.455 e. The molecule has 0 aliphatic carbocycles. The summed E-state index contributed by atoms with van der Waals surface area (Å²) in [5.74, 6) is -0.658. The summed E-state index contributed by atoms with van der Waals surface area (Å²) in [6.45, 7) is 5.33. The summed E-state index contributed by atoms with van der Waals surface area (Å²) in [6, 6.07) is 1.92. The highest BCUT2D eigenvalue weighted by molar-refractivity contribution is 8.00. The van der Waals surface area contributed by atoms with Crippen LogP contribution in [-0.4, -0.2) is 39.7 Å². The first-order chi connectivity index (χ1) is 10.3. The standard InChI is InChI=1S/C14H17N3O3S2/c1-14(2,3)17-10(18)6-20-11(19)7-22-13-9-4-5-21-12(9)15-8-16-13/h4-5,8H,6-7H2,1-3H3,(H,17,18).